The molecule has 0 unspecified atom stereocenters. The molecule has 0 aliphatic carbocycles. The molecule has 104 valence electrons. The highest BCUT2D eigenvalue weighted by Crippen LogP contribution is 2.32. The van der Waals surface area contributed by atoms with Crippen LogP contribution < -0.4 is 19.5 Å². The van der Waals surface area contributed by atoms with Gasteiger partial charge in [-0.25, -0.2) is 4.98 Å². The highest BCUT2D eigenvalue weighted by molar-refractivity contribution is 5.44. The molecule has 0 saturated heterocycles. The van der Waals surface area contributed by atoms with Gasteiger partial charge in [0.05, 0.1) is 7.11 Å². The minimum absolute atomic E-state index is 0.305. The first-order chi connectivity index (χ1) is 9.86. The molecule has 1 aromatic carbocycles. The fourth-order valence-electron chi connectivity index (χ4n) is 2.13. The van der Waals surface area contributed by atoms with E-state index in [-0.39, 0.29) is 0 Å². The van der Waals surface area contributed by atoms with Gasteiger partial charge in [-0.05, 0) is 23.8 Å². The summed E-state index contributed by atoms with van der Waals surface area (Å²) in [5.74, 6) is 2.27. The van der Waals surface area contributed by atoms with Gasteiger partial charge in [0, 0.05) is 24.8 Å². The number of benzene rings is 1. The lowest BCUT2D eigenvalue weighted by Gasteiger charge is -2.08. The fourth-order valence-corrected chi connectivity index (χ4v) is 2.13. The van der Waals surface area contributed by atoms with Gasteiger partial charge in [-0.1, -0.05) is 12.1 Å². The zero-order chi connectivity index (χ0) is 13.8. The molecule has 1 aromatic heterocycles. The van der Waals surface area contributed by atoms with Crippen molar-refractivity contribution in [2.24, 2.45) is 0 Å². The number of pyridine rings is 1. The van der Waals surface area contributed by atoms with Crippen molar-refractivity contribution in [1.82, 2.24) is 10.3 Å². The standard InChI is InChI=1S/C15H16N2O3/c1-18-15-12(3-2-6-17-15)9-16-8-11-4-5-13-14(7-11)20-10-19-13/h2-7,16H,8-10H2,1H3. The second kappa shape index (κ2) is 5.79. The van der Waals surface area contributed by atoms with Gasteiger partial charge in [0.15, 0.2) is 11.5 Å². The first-order valence-electron chi connectivity index (χ1n) is 6.44. The van der Waals surface area contributed by atoms with Crippen LogP contribution in [0.1, 0.15) is 11.1 Å². The summed E-state index contributed by atoms with van der Waals surface area (Å²) in [6.45, 7) is 1.75. The Labute approximate surface area is 117 Å². The molecule has 0 radical (unpaired) electrons. The van der Waals surface area contributed by atoms with Crippen LogP contribution >= 0.6 is 0 Å². The zero-order valence-corrected chi connectivity index (χ0v) is 11.3. The lowest BCUT2D eigenvalue weighted by molar-refractivity contribution is 0.174. The van der Waals surface area contributed by atoms with E-state index in [4.69, 9.17) is 14.2 Å². The number of nitrogens with zero attached hydrogens (tertiary/aromatic N) is 1. The number of nitrogens with one attached hydrogen (secondary N) is 1. The molecule has 5 nitrogen and oxygen atoms in total. The van der Waals surface area contributed by atoms with Crippen LogP contribution in [0.3, 0.4) is 0 Å². The lowest BCUT2D eigenvalue weighted by atomic mass is 10.2. The predicted molar refractivity (Wildman–Crippen MR) is 73.9 cm³/mol. The average Bonchev–Trinajstić information content (AvgIpc) is 2.95. The third-order valence-corrected chi connectivity index (χ3v) is 3.12. The van der Waals surface area contributed by atoms with E-state index in [9.17, 15) is 0 Å². The van der Waals surface area contributed by atoms with Gasteiger partial charge in [0.1, 0.15) is 0 Å². The van der Waals surface area contributed by atoms with Crippen LogP contribution in [0.2, 0.25) is 0 Å². The summed E-state index contributed by atoms with van der Waals surface area (Å²) in [5, 5.41) is 3.37. The Balaban J connectivity index is 1.60. The lowest BCUT2D eigenvalue weighted by Crippen LogP contribution is -2.13. The van der Waals surface area contributed by atoms with Crippen molar-refractivity contribution in [3.8, 4) is 17.4 Å². The normalized spacial score (nSPS) is 12.4. The molecular weight excluding hydrogens is 256 g/mol. The summed E-state index contributed by atoms with van der Waals surface area (Å²) < 4.78 is 15.9. The van der Waals surface area contributed by atoms with Gasteiger partial charge in [0.2, 0.25) is 12.7 Å². The average molecular weight is 272 g/mol. The van der Waals surface area contributed by atoms with Crippen molar-refractivity contribution in [2.75, 3.05) is 13.9 Å². The van der Waals surface area contributed by atoms with E-state index >= 15 is 0 Å². The van der Waals surface area contributed by atoms with E-state index in [1.165, 1.54) is 0 Å². The Kier molecular flexibility index (Phi) is 3.69. The minimum atomic E-state index is 0.305. The van der Waals surface area contributed by atoms with Crippen LogP contribution in [-0.4, -0.2) is 18.9 Å². The molecular formula is C15H16N2O3. The van der Waals surface area contributed by atoms with E-state index in [2.05, 4.69) is 10.3 Å². The van der Waals surface area contributed by atoms with Crippen LogP contribution in [0.4, 0.5) is 0 Å². The Hall–Kier alpha value is -2.27. The second-order valence-electron chi connectivity index (χ2n) is 4.46. The van der Waals surface area contributed by atoms with Crippen LogP contribution in [0.25, 0.3) is 0 Å². The summed E-state index contributed by atoms with van der Waals surface area (Å²) in [5.41, 5.74) is 2.19. The Morgan fingerprint density at radius 2 is 2.10 bits per heavy atom. The number of fused-ring (bicyclic) bond motifs is 1. The van der Waals surface area contributed by atoms with Crippen molar-refractivity contribution >= 4 is 0 Å². The molecule has 0 saturated carbocycles. The number of rotatable bonds is 5. The van der Waals surface area contributed by atoms with Gasteiger partial charge < -0.3 is 19.5 Å². The number of ether oxygens (including phenoxy) is 3. The van der Waals surface area contributed by atoms with Gasteiger partial charge in [-0.2, -0.15) is 0 Å². The maximum absolute atomic E-state index is 5.36. The predicted octanol–water partition coefficient (Wildman–Crippen LogP) is 2.11. The topological polar surface area (TPSA) is 52.6 Å². The number of aromatic nitrogens is 1. The Morgan fingerprint density at radius 3 is 3.00 bits per heavy atom. The SMILES string of the molecule is COc1ncccc1CNCc1ccc2c(c1)OCO2. The zero-order valence-electron chi connectivity index (χ0n) is 11.3. The molecule has 1 aliphatic heterocycles. The fraction of sp³-hybridized carbons (Fsp3) is 0.267. The maximum atomic E-state index is 5.36. The van der Waals surface area contributed by atoms with E-state index < -0.39 is 0 Å². The van der Waals surface area contributed by atoms with Crippen molar-refractivity contribution in [3.63, 3.8) is 0 Å². The van der Waals surface area contributed by atoms with Crippen molar-refractivity contribution in [3.05, 3.63) is 47.7 Å². The Bertz CT molecular complexity index is 601. The highest BCUT2D eigenvalue weighted by Gasteiger charge is 2.12. The van der Waals surface area contributed by atoms with E-state index in [0.717, 1.165) is 29.2 Å². The quantitative estimate of drug-likeness (QED) is 0.903. The molecule has 0 fully saturated rings. The van der Waals surface area contributed by atoms with Crippen LogP contribution in [0.15, 0.2) is 36.5 Å². The highest BCUT2D eigenvalue weighted by atomic mass is 16.7. The molecule has 0 atom stereocenters. The van der Waals surface area contributed by atoms with Gasteiger partial charge in [-0.3, -0.25) is 0 Å². The number of hydrogen-bond acceptors (Lipinski definition) is 5. The number of hydrogen-bond donors (Lipinski definition) is 1. The van der Waals surface area contributed by atoms with E-state index in [0.29, 0.717) is 19.2 Å². The van der Waals surface area contributed by atoms with E-state index in [1.807, 2.05) is 30.3 Å². The Morgan fingerprint density at radius 1 is 1.20 bits per heavy atom. The third kappa shape index (κ3) is 2.67. The first-order valence-corrected chi connectivity index (χ1v) is 6.44. The second-order valence-corrected chi connectivity index (χ2v) is 4.46. The summed E-state index contributed by atoms with van der Waals surface area (Å²) >= 11 is 0. The largest absolute Gasteiger partial charge is 0.481 e. The van der Waals surface area contributed by atoms with E-state index in [1.54, 1.807) is 13.3 Å². The third-order valence-electron chi connectivity index (χ3n) is 3.12. The number of methoxy groups -OCH3 is 1. The molecule has 3 rings (SSSR count). The maximum Gasteiger partial charge on any atom is 0.231 e. The van der Waals surface area contributed by atoms with Gasteiger partial charge in [0.25, 0.3) is 0 Å². The molecule has 2 aromatic rings. The van der Waals surface area contributed by atoms with Crippen molar-refractivity contribution in [1.29, 1.82) is 0 Å². The summed E-state index contributed by atoms with van der Waals surface area (Å²) in [7, 11) is 1.63. The summed E-state index contributed by atoms with van der Waals surface area (Å²) in [4.78, 5) is 4.17. The molecule has 1 aliphatic rings. The van der Waals surface area contributed by atoms with Crippen LogP contribution in [0, 0.1) is 0 Å². The van der Waals surface area contributed by atoms with Crippen molar-refractivity contribution < 1.29 is 14.2 Å². The van der Waals surface area contributed by atoms with Crippen LogP contribution in [-0.2, 0) is 13.1 Å². The summed E-state index contributed by atoms with van der Waals surface area (Å²) in [6, 6.07) is 9.86. The minimum Gasteiger partial charge on any atom is -0.481 e. The van der Waals surface area contributed by atoms with Crippen molar-refractivity contribution in [2.45, 2.75) is 13.1 Å². The summed E-state index contributed by atoms with van der Waals surface area (Å²) in [6.07, 6.45) is 1.72. The molecule has 0 bridgehead atoms. The molecule has 5 heteroatoms. The van der Waals surface area contributed by atoms with Gasteiger partial charge >= 0.3 is 0 Å². The first kappa shape index (κ1) is 12.7. The molecule has 0 amide bonds. The molecule has 1 N–H and O–H groups in total. The molecule has 20 heavy (non-hydrogen) atoms. The van der Waals surface area contributed by atoms with Crippen LogP contribution in [0.5, 0.6) is 17.4 Å². The molecule has 2 heterocycles. The smallest absolute Gasteiger partial charge is 0.231 e. The monoisotopic (exact) mass is 272 g/mol. The molecule has 0 spiro atoms. The van der Waals surface area contributed by atoms with Gasteiger partial charge in [-0.15, -0.1) is 0 Å².